The summed E-state index contributed by atoms with van der Waals surface area (Å²) in [5, 5.41) is 2.94. The van der Waals surface area contributed by atoms with E-state index >= 15 is 0 Å². The molecular formula is C22H33N5O4. The number of hydrogen-bond acceptors (Lipinski definition) is 7. The maximum absolute atomic E-state index is 12.5. The van der Waals surface area contributed by atoms with Gasteiger partial charge in [-0.25, -0.2) is 0 Å². The van der Waals surface area contributed by atoms with Crippen LogP contribution in [0, 0.1) is 0 Å². The van der Waals surface area contributed by atoms with Crippen molar-refractivity contribution >= 4 is 17.5 Å². The molecule has 1 N–H and O–H groups in total. The zero-order valence-corrected chi connectivity index (χ0v) is 18.3. The Labute approximate surface area is 183 Å². The van der Waals surface area contributed by atoms with Crippen molar-refractivity contribution in [1.82, 2.24) is 19.6 Å². The van der Waals surface area contributed by atoms with Gasteiger partial charge in [-0.3, -0.25) is 14.5 Å². The number of nitrogens with one attached hydrogen (secondary N) is 1. The Bertz CT molecular complexity index is 773. The molecule has 0 aliphatic carbocycles. The molecule has 0 bridgehead atoms. The molecule has 9 nitrogen and oxygen atoms in total. The minimum Gasteiger partial charge on any atom is -0.486 e. The number of carbonyl (C=O) groups excluding carboxylic acids is 2. The number of rotatable bonds is 6. The van der Waals surface area contributed by atoms with Crippen LogP contribution in [0.2, 0.25) is 0 Å². The molecular weight excluding hydrogens is 398 g/mol. The average Bonchev–Trinajstić information content (AvgIpc) is 2.79. The summed E-state index contributed by atoms with van der Waals surface area (Å²) >= 11 is 0. The van der Waals surface area contributed by atoms with E-state index in [4.69, 9.17) is 9.47 Å². The number of likely N-dealkylation sites (N-methyl/N-ethyl adjacent to an activating group) is 1. The molecule has 0 radical (unpaired) electrons. The summed E-state index contributed by atoms with van der Waals surface area (Å²) in [6, 6.07) is 5.47. The lowest BCUT2D eigenvalue weighted by molar-refractivity contribution is -0.134. The van der Waals surface area contributed by atoms with E-state index in [1.807, 2.05) is 23.1 Å². The summed E-state index contributed by atoms with van der Waals surface area (Å²) in [4.78, 5) is 33.6. The molecule has 0 aromatic heterocycles. The Kier molecular flexibility index (Phi) is 7.26. The van der Waals surface area contributed by atoms with Gasteiger partial charge < -0.3 is 29.5 Å². The lowest BCUT2D eigenvalue weighted by Crippen LogP contribution is -2.53. The minimum absolute atomic E-state index is 0.00986. The van der Waals surface area contributed by atoms with Crippen molar-refractivity contribution in [3.8, 4) is 11.5 Å². The van der Waals surface area contributed by atoms with Gasteiger partial charge in [0.1, 0.15) is 13.2 Å². The van der Waals surface area contributed by atoms with Crippen LogP contribution in [-0.4, -0.2) is 117 Å². The normalized spacial score (nSPS) is 20.5. The molecule has 4 rings (SSSR count). The molecule has 1 aromatic rings. The van der Waals surface area contributed by atoms with Gasteiger partial charge in [0.25, 0.3) is 0 Å². The number of fused-ring (bicyclic) bond motifs is 1. The number of ether oxygens (including phenoxy) is 2. The Balaban J connectivity index is 1.14. The van der Waals surface area contributed by atoms with Crippen LogP contribution in [0.5, 0.6) is 11.5 Å². The van der Waals surface area contributed by atoms with Gasteiger partial charge in [0.2, 0.25) is 11.8 Å². The zero-order valence-electron chi connectivity index (χ0n) is 18.3. The highest BCUT2D eigenvalue weighted by atomic mass is 16.6. The third kappa shape index (κ3) is 6.09. The van der Waals surface area contributed by atoms with Gasteiger partial charge in [0.15, 0.2) is 11.5 Å². The molecule has 1 aromatic carbocycles. The van der Waals surface area contributed by atoms with Crippen LogP contribution in [0.4, 0.5) is 5.69 Å². The molecule has 2 amide bonds. The molecule has 31 heavy (non-hydrogen) atoms. The molecule has 170 valence electrons. The fourth-order valence-corrected chi connectivity index (χ4v) is 4.12. The summed E-state index contributed by atoms with van der Waals surface area (Å²) < 4.78 is 11.1. The number of amides is 2. The third-order valence-corrected chi connectivity index (χ3v) is 6.16. The summed E-state index contributed by atoms with van der Waals surface area (Å²) in [6.45, 7) is 9.35. The first kappa shape index (κ1) is 21.9. The van der Waals surface area contributed by atoms with Crippen LogP contribution in [0.3, 0.4) is 0 Å². The van der Waals surface area contributed by atoms with E-state index in [2.05, 4.69) is 27.1 Å². The van der Waals surface area contributed by atoms with Gasteiger partial charge in [-0.2, -0.15) is 0 Å². The molecule has 2 saturated heterocycles. The van der Waals surface area contributed by atoms with E-state index in [1.54, 1.807) is 0 Å². The van der Waals surface area contributed by atoms with Gasteiger partial charge in [-0.1, -0.05) is 0 Å². The first-order valence-electron chi connectivity index (χ1n) is 11.2. The Morgan fingerprint density at radius 2 is 1.58 bits per heavy atom. The standard InChI is InChI=1S/C22H33N5O4/c1-24-6-12-27(13-7-24)22(29)17-26-10-8-25(9-11-26)5-4-21(28)23-18-2-3-19-20(16-18)31-15-14-30-19/h2-3,16H,4-15,17H2,1H3,(H,23,28). The van der Waals surface area contributed by atoms with Gasteiger partial charge >= 0.3 is 0 Å². The van der Waals surface area contributed by atoms with Crippen molar-refractivity contribution in [2.75, 3.05) is 91.0 Å². The number of benzene rings is 1. The number of piperazine rings is 2. The number of nitrogens with zero attached hydrogens (tertiary/aromatic N) is 4. The van der Waals surface area contributed by atoms with E-state index in [9.17, 15) is 9.59 Å². The maximum Gasteiger partial charge on any atom is 0.236 e. The molecule has 9 heteroatoms. The third-order valence-electron chi connectivity index (χ3n) is 6.16. The summed E-state index contributed by atoms with van der Waals surface area (Å²) in [6.07, 6.45) is 0.439. The summed E-state index contributed by atoms with van der Waals surface area (Å²) in [7, 11) is 2.09. The molecule has 3 aliphatic heterocycles. The second-order valence-corrected chi connectivity index (χ2v) is 8.46. The fourth-order valence-electron chi connectivity index (χ4n) is 4.12. The predicted octanol–water partition coefficient (Wildman–Crippen LogP) is 0.178. The summed E-state index contributed by atoms with van der Waals surface area (Å²) in [5.41, 5.74) is 0.724. The average molecular weight is 432 g/mol. The second kappa shape index (κ2) is 10.3. The molecule has 0 unspecified atom stereocenters. The number of anilines is 1. The molecule has 2 fully saturated rings. The molecule has 0 saturated carbocycles. The van der Waals surface area contributed by atoms with Crippen LogP contribution in [0.25, 0.3) is 0 Å². The van der Waals surface area contributed by atoms with Crippen LogP contribution in [0.15, 0.2) is 18.2 Å². The highest BCUT2D eigenvalue weighted by molar-refractivity contribution is 5.91. The van der Waals surface area contributed by atoms with E-state index in [0.717, 1.165) is 64.6 Å². The van der Waals surface area contributed by atoms with Crippen molar-refractivity contribution in [2.45, 2.75) is 6.42 Å². The predicted molar refractivity (Wildman–Crippen MR) is 118 cm³/mol. The lowest BCUT2D eigenvalue weighted by Gasteiger charge is -2.37. The quantitative estimate of drug-likeness (QED) is 0.688. The highest BCUT2D eigenvalue weighted by Crippen LogP contribution is 2.32. The smallest absolute Gasteiger partial charge is 0.236 e. The summed E-state index contributed by atoms with van der Waals surface area (Å²) in [5.74, 6) is 1.62. The monoisotopic (exact) mass is 431 g/mol. The van der Waals surface area contributed by atoms with Crippen molar-refractivity contribution < 1.29 is 19.1 Å². The van der Waals surface area contributed by atoms with E-state index < -0.39 is 0 Å². The Morgan fingerprint density at radius 1 is 0.903 bits per heavy atom. The molecule has 0 spiro atoms. The van der Waals surface area contributed by atoms with Crippen LogP contribution in [-0.2, 0) is 9.59 Å². The van der Waals surface area contributed by atoms with Gasteiger partial charge in [0.05, 0.1) is 6.54 Å². The van der Waals surface area contributed by atoms with E-state index in [-0.39, 0.29) is 11.8 Å². The number of hydrogen-bond donors (Lipinski definition) is 1. The van der Waals surface area contributed by atoms with Crippen molar-refractivity contribution in [2.24, 2.45) is 0 Å². The highest BCUT2D eigenvalue weighted by Gasteiger charge is 2.24. The Hall–Kier alpha value is -2.36. The Morgan fingerprint density at radius 3 is 2.32 bits per heavy atom. The van der Waals surface area contributed by atoms with Gasteiger partial charge in [-0.15, -0.1) is 0 Å². The van der Waals surface area contributed by atoms with Crippen molar-refractivity contribution in [3.63, 3.8) is 0 Å². The molecule has 0 atom stereocenters. The van der Waals surface area contributed by atoms with Crippen LogP contribution >= 0.6 is 0 Å². The number of carbonyl (C=O) groups is 2. The zero-order chi connectivity index (χ0) is 21.6. The van der Waals surface area contributed by atoms with Crippen molar-refractivity contribution in [1.29, 1.82) is 0 Å². The lowest BCUT2D eigenvalue weighted by atomic mass is 10.2. The fraction of sp³-hybridized carbons (Fsp3) is 0.636. The first-order chi connectivity index (χ1) is 15.1. The van der Waals surface area contributed by atoms with Crippen LogP contribution in [0.1, 0.15) is 6.42 Å². The van der Waals surface area contributed by atoms with Gasteiger partial charge in [0, 0.05) is 77.1 Å². The maximum atomic E-state index is 12.5. The van der Waals surface area contributed by atoms with Crippen LogP contribution < -0.4 is 14.8 Å². The van der Waals surface area contributed by atoms with E-state index in [0.29, 0.717) is 37.7 Å². The second-order valence-electron chi connectivity index (χ2n) is 8.46. The first-order valence-corrected chi connectivity index (χ1v) is 11.2. The van der Waals surface area contributed by atoms with Crippen molar-refractivity contribution in [3.05, 3.63) is 18.2 Å². The SMILES string of the molecule is CN1CCN(C(=O)CN2CCN(CCC(=O)Nc3ccc4c(c3)OCCO4)CC2)CC1. The van der Waals surface area contributed by atoms with E-state index in [1.165, 1.54) is 0 Å². The minimum atomic E-state index is -0.00986. The molecule has 3 aliphatic rings. The topological polar surface area (TPSA) is 77.6 Å². The molecule has 3 heterocycles. The van der Waals surface area contributed by atoms with Gasteiger partial charge in [-0.05, 0) is 19.2 Å². The largest absolute Gasteiger partial charge is 0.486 e.